The van der Waals surface area contributed by atoms with Crippen molar-refractivity contribution in [1.29, 1.82) is 0 Å². The van der Waals surface area contributed by atoms with Gasteiger partial charge < -0.3 is 9.40 Å². The summed E-state index contributed by atoms with van der Waals surface area (Å²) in [5, 5.41) is 0. The van der Waals surface area contributed by atoms with E-state index in [1.807, 2.05) is 24.3 Å². The molecule has 0 radical (unpaired) electrons. The van der Waals surface area contributed by atoms with Gasteiger partial charge >= 0.3 is 0 Å². The Hall–Kier alpha value is -2.01. The maximum Gasteiger partial charge on any atom is 0.230 e. The van der Waals surface area contributed by atoms with E-state index < -0.39 is 0 Å². The van der Waals surface area contributed by atoms with Crippen LogP contribution in [0.15, 0.2) is 41.1 Å². The number of para-hydroxylation sites is 2. The van der Waals surface area contributed by atoms with Crippen LogP contribution in [-0.2, 0) is 0 Å². The molecule has 16 heavy (non-hydrogen) atoms. The Morgan fingerprint density at radius 1 is 1.25 bits per heavy atom. The third kappa shape index (κ3) is 1.51. The van der Waals surface area contributed by atoms with Crippen molar-refractivity contribution >= 4 is 23.3 Å². The average Bonchev–Trinajstić information content (AvgIpc) is 2.73. The van der Waals surface area contributed by atoms with E-state index in [1.165, 1.54) is 0 Å². The minimum atomic E-state index is 0.444. The molecule has 0 aliphatic rings. The third-order valence-corrected chi connectivity index (χ3v) is 2.44. The number of fused-ring (bicyclic) bond motifs is 1. The fourth-order valence-electron chi connectivity index (χ4n) is 1.45. The lowest BCUT2D eigenvalue weighted by atomic mass is 10.3. The quantitative estimate of drug-likeness (QED) is 0.652. The van der Waals surface area contributed by atoms with Crippen LogP contribution in [0.2, 0.25) is 0 Å². The summed E-state index contributed by atoms with van der Waals surface area (Å²) < 4.78 is 6.03. The van der Waals surface area contributed by atoms with Gasteiger partial charge in [0, 0.05) is 12.4 Å². The molecule has 0 aliphatic heterocycles. The molecule has 0 amide bonds. The number of hydrogen-bond acceptors (Lipinski definition) is 4. The van der Waals surface area contributed by atoms with Gasteiger partial charge in [-0.2, -0.15) is 0 Å². The van der Waals surface area contributed by atoms with Gasteiger partial charge in [0.1, 0.15) is 5.52 Å². The lowest BCUT2D eigenvalue weighted by Crippen LogP contribution is -1.83. The van der Waals surface area contributed by atoms with E-state index in [0.717, 1.165) is 16.7 Å². The predicted molar refractivity (Wildman–Crippen MR) is 62.4 cm³/mol. The molecule has 1 N–H and O–H groups in total. The van der Waals surface area contributed by atoms with Crippen LogP contribution in [0.25, 0.3) is 22.6 Å². The van der Waals surface area contributed by atoms with Crippen LogP contribution in [0.1, 0.15) is 0 Å². The molecule has 78 valence electrons. The molecule has 2 aromatic heterocycles. The topological polar surface area (TPSA) is 54.7 Å². The summed E-state index contributed by atoms with van der Waals surface area (Å²) in [6, 6.07) is 7.62. The second-order valence-electron chi connectivity index (χ2n) is 3.29. The molecule has 4 nitrogen and oxygen atoms in total. The number of rotatable bonds is 1. The molecule has 1 aromatic carbocycles. The molecule has 0 bridgehead atoms. The van der Waals surface area contributed by atoms with E-state index in [1.54, 1.807) is 12.4 Å². The van der Waals surface area contributed by atoms with Gasteiger partial charge in [-0.3, -0.25) is 0 Å². The summed E-state index contributed by atoms with van der Waals surface area (Å²) in [6.07, 6.45) is 3.38. The van der Waals surface area contributed by atoms with Gasteiger partial charge in [-0.1, -0.05) is 12.1 Å². The van der Waals surface area contributed by atoms with Crippen LogP contribution in [-0.4, -0.2) is 15.0 Å². The van der Waals surface area contributed by atoms with E-state index in [9.17, 15) is 0 Å². The molecule has 2 heterocycles. The number of aromatic nitrogens is 3. The fraction of sp³-hybridized carbons (Fsp3) is 0. The summed E-state index contributed by atoms with van der Waals surface area (Å²) in [5.41, 5.74) is 2.38. The van der Waals surface area contributed by atoms with Gasteiger partial charge in [0.25, 0.3) is 0 Å². The van der Waals surface area contributed by atoms with Crippen molar-refractivity contribution in [1.82, 2.24) is 15.0 Å². The molecular weight excluding hydrogens is 222 g/mol. The minimum absolute atomic E-state index is 0.444. The van der Waals surface area contributed by atoms with Crippen LogP contribution in [0.5, 0.6) is 0 Å². The summed E-state index contributed by atoms with van der Waals surface area (Å²) in [7, 11) is 0. The van der Waals surface area contributed by atoms with Crippen molar-refractivity contribution in [3.05, 3.63) is 41.4 Å². The third-order valence-electron chi connectivity index (χ3n) is 2.21. The van der Waals surface area contributed by atoms with Crippen LogP contribution < -0.4 is 0 Å². The lowest BCUT2D eigenvalue weighted by molar-refractivity contribution is 0.619. The first-order chi connectivity index (χ1) is 7.83. The number of H-pyrrole nitrogens is 1. The standard InChI is InChI=1S/C11H7N3OS/c16-11-12-5-7(6-13-11)10-14-8-3-1-2-4-9(8)15-10/h1-6H,(H,12,13,16). The minimum Gasteiger partial charge on any atom is -0.436 e. The predicted octanol–water partition coefficient (Wildman–Crippen LogP) is 2.95. The first-order valence-electron chi connectivity index (χ1n) is 4.73. The number of nitrogens with one attached hydrogen (secondary N) is 1. The first-order valence-corrected chi connectivity index (χ1v) is 5.14. The maximum absolute atomic E-state index is 5.59. The van der Waals surface area contributed by atoms with Gasteiger partial charge in [0.15, 0.2) is 10.4 Å². The molecule has 0 unspecified atom stereocenters. The number of aromatic amines is 1. The van der Waals surface area contributed by atoms with E-state index >= 15 is 0 Å². The highest BCUT2D eigenvalue weighted by Gasteiger charge is 2.07. The lowest BCUT2D eigenvalue weighted by Gasteiger charge is -1.91. The SMILES string of the molecule is S=c1ncc(-c2nc3ccccc3o2)c[nH]1. The molecule has 0 atom stereocenters. The highest BCUT2D eigenvalue weighted by atomic mass is 32.1. The zero-order chi connectivity index (χ0) is 11.0. The van der Waals surface area contributed by atoms with Crippen LogP contribution in [0.3, 0.4) is 0 Å². The highest BCUT2D eigenvalue weighted by Crippen LogP contribution is 2.22. The number of benzene rings is 1. The van der Waals surface area contributed by atoms with Gasteiger partial charge in [0.2, 0.25) is 5.89 Å². The number of nitrogens with zero attached hydrogens (tertiary/aromatic N) is 2. The summed E-state index contributed by atoms with van der Waals surface area (Å²) >= 11 is 4.87. The van der Waals surface area contributed by atoms with E-state index in [4.69, 9.17) is 16.6 Å². The maximum atomic E-state index is 5.59. The van der Waals surface area contributed by atoms with Crippen LogP contribution in [0, 0.1) is 4.77 Å². The molecule has 5 heteroatoms. The van der Waals surface area contributed by atoms with Gasteiger partial charge in [0.05, 0.1) is 5.56 Å². The van der Waals surface area contributed by atoms with Crippen molar-refractivity contribution in [2.45, 2.75) is 0 Å². The van der Waals surface area contributed by atoms with Gasteiger partial charge in [-0.15, -0.1) is 0 Å². The molecule has 3 aromatic rings. The van der Waals surface area contributed by atoms with E-state index in [2.05, 4.69) is 15.0 Å². The Bertz CT molecular complexity index is 648. The molecular formula is C11H7N3OS. The summed E-state index contributed by atoms with van der Waals surface area (Å²) in [4.78, 5) is 11.2. The normalized spacial score (nSPS) is 10.8. The summed E-state index contributed by atoms with van der Waals surface area (Å²) in [5.74, 6) is 0.542. The van der Waals surface area contributed by atoms with Crippen molar-refractivity contribution < 1.29 is 4.42 Å². The van der Waals surface area contributed by atoms with Gasteiger partial charge in [-0.25, -0.2) is 9.97 Å². The van der Waals surface area contributed by atoms with Gasteiger partial charge in [-0.05, 0) is 24.4 Å². The van der Waals surface area contributed by atoms with Crippen molar-refractivity contribution in [3.63, 3.8) is 0 Å². The smallest absolute Gasteiger partial charge is 0.230 e. The van der Waals surface area contributed by atoms with E-state index in [-0.39, 0.29) is 0 Å². The molecule has 0 spiro atoms. The summed E-state index contributed by atoms with van der Waals surface area (Å²) in [6.45, 7) is 0. The van der Waals surface area contributed by atoms with Crippen LogP contribution >= 0.6 is 12.2 Å². The van der Waals surface area contributed by atoms with Crippen molar-refractivity contribution in [2.24, 2.45) is 0 Å². The largest absolute Gasteiger partial charge is 0.436 e. The second-order valence-corrected chi connectivity index (χ2v) is 3.68. The van der Waals surface area contributed by atoms with Crippen molar-refractivity contribution in [3.8, 4) is 11.5 Å². The molecule has 0 aliphatic carbocycles. The zero-order valence-electron chi connectivity index (χ0n) is 8.18. The Balaban J connectivity index is 2.19. The Morgan fingerprint density at radius 2 is 2.12 bits per heavy atom. The Kier molecular flexibility index (Phi) is 2.04. The van der Waals surface area contributed by atoms with Crippen LogP contribution in [0.4, 0.5) is 0 Å². The fourth-order valence-corrected chi connectivity index (χ4v) is 1.57. The van der Waals surface area contributed by atoms with E-state index in [0.29, 0.717) is 10.7 Å². The molecule has 3 rings (SSSR count). The molecule has 0 saturated heterocycles. The molecule has 0 fully saturated rings. The first kappa shape index (κ1) is 9.23. The number of oxazole rings is 1. The monoisotopic (exact) mass is 229 g/mol. The Labute approximate surface area is 96.0 Å². The zero-order valence-corrected chi connectivity index (χ0v) is 8.99. The van der Waals surface area contributed by atoms with Crippen molar-refractivity contribution in [2.75, 3.05) is 0 Å². The highest BCUT2D eigenvalue weighted by molar-refractivity contribution is 7.71. The Morgan fingerprint density at radius 3 is 2.88 bits per heavy atom. The number of hydrogen-bond donors (Lipinski definition) is 1. The average molecular weight is 229 g/mol. The molecule has 0 saturated carbocycles. The second kappa shape index (κ2) is 3.53.